The van der Waals surface area contributed by atoms with Crippen molar-refractivity contribution in [3.63, 3.8) is 0 Å². The Kier molecular flexibility index (Phi) is 6.11. The molecule has 4 nitrogen and oxygen atoms in total. The largest absolute Gasteiger partial charge is 0.373 e. The number of ether oxygens (including phenoxy) is 1. The summed E-state index contributed by atoms with van der Waals surface area (Å²) in [4.78, 5) is 11.8. The summed E-state index contributed by atoms with van der Waals surface area (Å²) in [5, 5.41) is 2.77. The maximum Gasteiger partial charge on any atom is 0.241 e. The lowest BCUT2D eigenvalue weighted by Crippen LogP contribution is -2.38. The number of carbonyl (C=O) groups excluding carboxylic acids is 1. The quantitative estimate of drug-likeness (QED) is 0.717. The molecule has 4 heteroatoms. The van der Waals surface area contributed by atoms with Crippen LogP contribution in [-0.2, 0) is 9.53 Å². The zero-order valence-corrected chi connectivity index (χ0v) is 10.6. The average Bonchev–Trinajstić information content (AvgIpc) is 2.42. The van der Waals surface area contributed by atoms with Crippen molar-refractivity contribution in [2.45, 2.75) is 19.1 Å². The van der Waals surface area contributed by atoms with Crippen LogP contribution in [0.4, 0.5) is 0 Å². The number of rotatable bonds is 7. The lowest BCUT2D eigenvalue weighted by atomic mass is 10.1. The minimum atomic E-state index is -0.641. The van der Waals surface area contributed by atoms with E-state index in [-0.39, 0.29) is 12.0 Å². The molecular weight excluding hydrogens is 228 g/mol. The van der Waals surface area contributed by atoms with Gasteiger partial charge >= 0.3 is 0 Å². The van der Waals surface area contributed by atoms with Gasteiger partial charge in [-0.05, 0) is 12.5 Å². The standard InChI is InChI=1S/C14H20N2O2/c1-3-9-18-11(2)10-16-14(17)13(15)12-7-5-4-6-8-12/h3-8,11,13H,1,9-10,15H2,2H3,(H,16,17)/t11?,13-/m0/s1. The van der Waals surface area contributed by atoms with E-state index in [2.05, 4.69) is 11.9 Å². The van der Waals surface area contributed by atoms with E-state index in [4.69, 9.17) is 10.5 Å². The third kappa shape index (κ3) is 4.69. The first kappa shape index (κ1) is 14.4. The second-order valence-electron chi connectivity index (χ2n) is 4.07. The van der Waals surface area contributed by atoms with E-state index >= 15 is 0 Å². The summed E-state index contributed by atoms with van der Waals surface area (Å²) >= 11 is 0. The number of hydrogen-bond acceptors (Lipinski definition) is 3. The highest BCUT2D eigenvalue weighted by Crippen LogP contribution is 2.09. The van der Waals surface area contributed by atoms with Crippen LogP contribution in [0.3, 0.4) is 0 Å². The molecule has 2 atom stereocenters. The van der Waals surface area contributed by atoms with Crippen LogP contribution in [0.1, 0.15) is 18.5 Å². The summed E-state index contributed by atoms with van der Waals surface area (Å²) in [7, 11) is 0. The average molecular weight is 248 g/mol. The normalized spacial score (nSPS) is 13.7. The Morgan fingerprint density at radius 3 is 2.78 bits per heavy atom. The molecule has 3 N–H and O–H groups in total. The lowest BCUT2D eigenvalue weighted by molar-refractivity contribution is -0.123. The van der Waals surface area contributed by atoms with Crippen molar-refractivity contribution in [1.82, 2.24) is 5.32 Å². The van der Waals surface area contributed by atoms with Gasteiger partial charge in [0.1, 0.15) is 6.04 Å². The number of nitrogens with two attached hydrogens (primary N) is 1. The van der Waals surface area contributed by atoms with Crippen LogP contribution in [0, 0.1) is 0 Å². The molecule has 0 radical (unpaired) electrons. The molecule has 0 aliphatic rings. The van der Waals surface area contributed by atoms with Crippen molar-refractivity contribution >= 4 is 5.91 Å². The first-order valence-corrected chi connectivity index (χ1v) is 5.96. The fraction of sp³-hybridized carbons (Fsp3) is 0.357. The van der Waals surface area contributed by atoms with Gasteiger partial charge in [0, 0.05) is 6.54 Å². The van der Waals surface area contributed by atoms with Gasteiger partial charge in [-0.3, -0.25) is 4.79 Å². The molecule has 0 aliphatic carbocycles. The lowest BCUT2D eigenvalue weighted by Gasteiger charge is -2.16. The molecule has 1 aromatic carbocycles. The van der Waals surface area contributed by atoms with Crippen molar-refractivity contribution < 1.29 is 9.53 Å². The molecule has 0 saturated heterocycles. The molecule has 0 fully saturated rings. The molecule has 98 valence electrons. The van der Waals surface area contributed by atoms with Gasteiger partial charge in [0.15, 0.2) is 0 Å². The topological polar surface area (TPSA) is 64.3 Å². The SMILES string of the molecule is C=CCOC(C)CNC(=O)[C@@H](N)c1ccccc1. The second kappa shape index (κ2) is 7.63. The van der Waals surface area contributed by atoms with Gasteiger partial charge in [0.25, 0.3) is 0 Å². The Bertz CT molecular complexity index is 379. The molecule has 1 aromatic rings. The summed E-state index contributed by atoms with van der Waals surface area (Å²) in [6, 6.07) is 8.64. The molecule has 1 amide bonds. The zero-order chi connectivity index (χ0) is 13.4. The van der Waals surface area contributed by atoms with Crippen molar-refractivity contribution in [3.8, 4) is 0 Å². The van der Waals surface area contributed by atoms with Crippen LogP contribution < -0.4 is 11.1 Å². The van der Waals surface area contributed by atoms with Crippen LogP contribution >= 0.6 is 0 Å². The highest BCUT2D eigenvalue weighted by Gasteiger charge is 2.15. The van der Waals surface area contributed by atoms with E-state index in [9.17, 15) is 4.79 Å². The van der Waals surface area contributed by atoms with Crippen molar-refractivity contribution in [1.29, 1.82) is 0 Å². The predicted molar refractivity (Wildman–Crippen MR) is 72.0 cm³/mol. The summed E-state index contributed by atoms with van der Waals surface area (Å²) in [6.07, 6.45) is 1.61. The fourth-order valence-corrected chi connectivity index (χ4v) is 1.46. The molecule has 0 spiro atoms. The van der Waals surface area contributed by atoms with Crippen LogP contribution in [0.5, 0.6) is 0 Å². The van der Waals surface area contributed by atoms with Gasteiger partial charge < -0.3 is 15.8 Å². The van der Waals surface area contributed by atoms with Crippen molar-refractivity contribution in [3.05, 3.63) is 48.6 Å². The Morgan fingerprint density at radius 2 is 2.17 bits per heavy atom. The highest BCUT2D eigenvalue weighted by atomic mass is 16.5. The van der Waals surface area contributed by atoms with Crippen molar-refractivity contribution in [2.75, 3.05) is 13.2 Å². The molecular formula is C14H20N2O2. The molecule has 0 aromatic heterocycles. The van der Waals surface area contributed by atoms with Gasteiger partial charge in [0.05, 0.1) is 12.7 Å². The number of hydrogen-bond donors (Lipinski definition) is 2. The molecule has 1 unspecified atom stereocenters. The van der Waals surface area contributed by atoms with E-state index in [1.807, 2.05) is 37.3 Å². The van der Waals surface area contributed by atoms with E-state index in [0.29, 0.717) is 13.2 Å². The van der Waals surface area contributed by atoms with E-state index in [0.717, 1.165) is 5.56 Å². The predicted octanol–water partition coefficient (Wildman–Crippen LogP) is 1.39. The smallest absolute Gasteiger partial charge is 0.241 e. The van der Waals surface area contributed by atoms with E-state index in [1.165, 1.54) is 0 Å². The summed E-state index contributed by atoms with van der Waals surface area (Å²) in [6.45, 7) is 6.36. The number of benzene rings is 1. The third-order valence-corrected chi connectivity index (χ3v) is 2.50. The van der Waals surface area contributed by atoms with Crippen LogP contribution in [0.15, 0.2) is 43.0 Å². The van der Waals surface area contributed by atoms with Crippen molar-refractivity contribution in [2.24, 2.45) is 5.73 Å². The molecule has 0 aliphatic heterocycles. The van der Waals surface area contributed by atoms with Gasteiger partial charge in [-0.25, -0.2) is 0 Å². The van der Waals surface area contributed by atoms with E-state index < -0.39 is 6.04 Å². The summed E-state index contributed by atoms with van der Waals surface area (Å²) in [5.74, 6) is -0.199. The monoisotopic (exact) mass is 248 g/mol. The van der Waals surface area contributed by atoms with Gasteiger partial charge in [-0.2, -0.15) is 0 Å². The van der Waals surface area contributed by atoms with E-state index in [1.54, 1.807) is 6.08 Å². The highest BCUT2D eigenvalue weighted by molar-refractivity contribution is 5.82. The maximum atomic E-state index is 11.8. The van der Waals surface area contributed by atoms with Crippen LogP contribution in [-0.4, -0.2) is 25.2 Å². The summed E-state index contributed by atoms with van der Waals surface area (Å²) in [5.41, 5.74) is 6.66. The first-order chi connectivity index (χ1) is 8.65. The second-order valence-corrected chi connectivity index (χ2v) is 4.07. The number of carbonyl (C=O) groups is 1. The maximum absolute atomic E-state index is 11.8. The molecule has 0 bridgehead atoms. The van der Waals surface area contributed by atoms with Gasteiger partial charge in [-0.15, -0.1) is 6.58 Å². The molecule has 0 heterocycles. The Balaban J connectivity index is 2.39. The van der Waals surface area contributed by atoms with Crippen LogP contribution in [0.25, 0.3) is 0 Å². The molecule has 18 heavy (non-hydrogen) atoms. The molecule has 0 saturated carbocycles. The van der Waals surface area contributed by atoms with Gasteiger partial charge in [-0.1, -0.05) is 36.4 Å². The number of amides is 1. The Hall–Kier alpha value is -1.65. The van der Waals surface area contributed by atoms with Crippen LogP contribution in [0.2, 0.25) is 0 Å². The minimum absolute atomic E-state index is 0.0603. The van der Waals surface area contributed by atoms with Gasteiger partial charge in [0.2, 0.25) is 5.91 Å². The summed E-state index contributed by atoms with van der Waals surface area (Å²) < 4.78 is 5.35. The minimum Gasteiger partial charge on any atom is -0.373 e. The first-order valence-electron chi connectivity index (χ1n) is 5.96. The Morgan fingerprint density at radius 1 is 1.50 bits per heavy atom. The fourth-order valence-electron chi connectivity index (χ4n) is 1.46. The number of nitrogens with one attached hydrogen (secondary N) is 1. The molecule has 1 rings (SSSR count). The Labute approximate surface area is 108 Å². The third-order valence-electron chi connectivity index (χ3n) is 2.50. The zero-order valence-electron chi connectivity index (χ0n) is 10.6.